The number of halogens is 1. The van der Waals surface area contributed by atoms with Gasteiger partial charge in [-0.15, -0.1) is 0 Å². The number of rotatable bonds is 10. The molecule has 2 aromatic carbocycles. The highest BCUT2D eigenvalue weighted by Gasteiger charge is 2.53. The molecule has 2 heterocycles. The van der Waals surface area contributed by atoms with Crippen LogP contribution in [-0.4, -0.2) is 108 Å². The maximum Gasteiger partial charge on any atom is 0.247 e. The number of hydrogen-bond donors (Lipinski definition) is 5. The molecule has 1 saturated carbocycles. The Morgan fingerprint density at radius 1 is 1.07 bits per heavy atom. The van der Waals surface area contributed by atoms with Crippen molar-refractivity contribution in [1.29, 1.82) is 0 Å². The van der Waals surface area contributed by atoms with E-state index in [0.717, 1.165) is 6.07 Å². The van der Waals surface area contributed by atoms with Crippen LogP contribution < -0.4 is 14.8 Å². The summed E-state index contributed by atoms with van der Waals surface area (Å²) in [6, 6.07) is 11.8. The number of fused-ring (bicyclic) bond motifs is 1. The third kappa shape index (κ3) is 7.02. The zero-order valence-electron chi connectivity index (χ0n) is 24.0. The van der Waals surface area contributed by atoms with Gasteiger partial charge in [0.1, 0.15) is 68.6 Å². The molecule has 3 fully saturated rings. The Balaban J connectivity index is 1.18. The third-order valence-corrected chi connectivity index (χ3v) is 7.61. The Hall–Kier alpha value is -3.63. The van der Waals surface area contributed by atoms with E-state index in [2.05, 4.69) is 10.5 Å². The molecule has 1 aliphatic carbocycles. The summed E-state index contributed by atoms with van der Waals surface area (Å²) in [4.78, 5) is 17.7. The average Bonchev–Trinajstić information content (AvgIpc) is 3.65. The SMILES string of the molecule is CON=C(COc1ccccc1)[C@H]1O[C@@H](Oc2ccc(/C=C(\C)C(=O)N[C@@H]3[C@H](O)[C@@H](O)[C@H]4OCO[C@H]4[C@@H]3O)cc2F)C[C@@H]1O. The van der Waals surface area contributed by atoms with Gasteiger partial charge in [0.25, 0.3) is 0 Å². The normalized spacial score (nSPS) is 32.2. The van der Waals surface area contributed by atoms with Gasteiger partial charge < -0.3 is 54.3 Å². The van der Waals surface area contributed by atoms with Gasteiger partial charge in [-0.3, -0.25) is 4.79 Å². The number of hydrogen-bond acceptors (Lipinski definition) is 12. The fourth-order valence-electron chi connectivity index (χ4n) is 5.34. The standard InChI is InChI=1S/C30H35FN2O11/c1-15(30(38)32-23-24(35)26(37)29-28(25(23)36)41-14-42-29)10-16-8-9-21(18(31)11-16)43-22-12-20(34)27(44-22)19(33-39-2)13-40-17-6-4-3-5-7-17/h3-11,20,22-29,34-37H,12-14H2,1-2H3,(H,32,38)/b15-10+,33-19?/t20-,22+,23+,24-,25+,26+,27+,28-,29+/m0/s1. The van der Waals surface area contributed by atoms with E-state index < -0.39 is 66.8 Å². The van der Waals surface area contributed by atoms with Gasteiger partial charge in [-0.25, -0.2) is 4.39 Å². The van der Waals surface area contributed by atoms with Crippen LogP contribution in [0, 0.1) is 5.82 Å². The Kier molecular flexibility index (Phi) is 10.1. The zero-order chi connectivity index (χ0) is 31.4. The predicted octanol–water partition coefficient (Wildman–Crippen LogP) is 0.488. The molecule has 14 heteroatoms. The Morgan fingerprint density at radius 2 is 1.80 bits per heavy atom. The molecule has 238 valence electrons. The lowest BCUT2D eigenvalue weighted by molar-refractivity contribution is -0.155. The number of carbonyl (C=O) groups excluding carboxylic acids is 1. The van der Waals surface area contributed by atoms with Crippen LogP contribution in [0.25, 0.3) is 6.08 Å². The van der Waals surface area contributed by atoms with Gasteiger partial charge in [0.2, 0.25) is 12.2 Å². The van der Waals surface area contributed by atoms with Gasteiger partial charge in [-0.1, -0.05) is 29.4 Å². The van der Waals surface area contributed by atoms with E-state index in [0.29, 0.717) is 11.3 Å². The van der Waals surface area contributed by atoms with Crippen LogP contribution in [-0.2, 0) is 23.8 Å². The van der Waals surface area contributed by atoms with E-state index in [1.54, 1.807) is 12.1 Å². The lowest BCUT2D eigenvalue weighted by Gasteiger charge is -2.41. The van der Waals surface area contributed by atoms with E-state index in [1.165, 1.54) is 32.2 Å². The van der Waals surface area contributed by atoms with E-state index in [-0.39, 0.29) is 36.9 Å². The second kappa shape index (κ2) is 14.0. The smallest absolute Gasteiger partial charge is 0.247 e. The number of para-hydroxylation sites is 1. The van der Waals surface area contributed by atoms with E-state index in [1.807, 2.05) is 18.2 Å². The lowest BCUT2D eigenvalue weighted by Crippen LogP contribution is -2.67. The Labute approximate surface area is 252 Å². The van der Waals surface area contributed by atoms with Crippen molar-refractivity contribution < 1.29 is 58.1 Å². The van der Waals surface area contributed by atoms with Gasteiger partial charge in [-0.05, 0) is 42.8 Å². The fourth-order valence-corrected chi connectivity index (χ4v) is 5.34. The second-order valence-corrected chi connectivity index (χ2v) is 10.6. The van der Waals surface area contributed by atoms with Gasteiger partial charge >= 0.3 is 0 Å². The number of nitrogens with zero attached hydrogens (tertiary/aromatic N) is 1. The fraction of sp³-hybridized carbons (Fsp3) is 0.467. The molecule has 3 aliphatic rings. The van der Waals surface area contributed by atoms with Gasteiger partial charge in [0.15, 0.2) is 11.6 Å². The van der Waals surface area contributed by atoms with E-state index in [4.69, 9.17) is 28.5 Å². The van der Waals surface area contributed by atoms with Crippen molar-refractivity contribution in [3.63, 3.8) is 0 Å². The molecule has 2 aliphatic heterocycles. The summed E-state index contributed by atoms with van der Waals surface area (Å²) in [6.07, 6.45) is -7.48. The molecule has 0 aromatic heterocycles. The number of aliphatic hydroxyl groups excluding tert-OH is 4. The first-order valence-corrected chi connectivity index (χ1v) is 14.0. The molecule has 5 N–H and O–H groups in total. The van der Waals surface area contributed by atoms with Crippen molar-refractivity contribution in [3.05, 3.63) is 65.5 Å². The number of nitrogens with one attached hydrogen (secondary N) is 1. The molecule has 0 unspecified atom stereocenters. The maximum atomic E-state index is 15.0. The topological polar surface area (TPSA) is 178 Å². The van der Waals surface area contributed by atoms with Crippen LogP contribution in [0.4, 0.5) is 4.39 Å². The molecule has 44 heavy (non-hydrogen) atoms. The van der Waals surface area contributed by atoms with Crippen LogP contribution in [0.15, 0.2) is 59.3 Å². The van der Waals surface area contributed by atoms with Crippen LogP contribution in [0.5, 0.6) is 11.5 Å². The quantitative estimate of drug-likeness (QED) is 0.142. The first-order valence-electron chi connectivity index (χ1n) is 14.0. The Bertz CT molecular complexity index is 1360. The van der Waals surface area contributed by atoms with Crippen LogP contribution in [0.3, 0.4) is 0 Å². The van der Waals surface area contributed by atoms with Crippen molar-refractivity contribution in [2.45, 2.75) is 68.4 Å². The highest BCUT2D eigenvalue weighted by atomic mass is 19.1. The second-order valence-electron chi connectivity index (χ2n) is 10.6. The minimum absolute atomic E-state index is 0.0167. The highest BCUT2D eigenvalue weighted by Crippen LogP contribution is 2.31. The van der Waals surface area contributed by atoms with E-state index >= 15 is 4.39 Å². The molecule has 9 atom stereocenters. The average molecular weight is 619 g/mol. The molecule has 5 rings (SSSR count). The number of aliphatic hydroxyl groups is 4. The number of oxime groups is 1. The van der Waals surface area contributed by atoms with Gasteiger partial charge in [0.05, 0.1) is 12.1 Å². The third-order valence-electron chi connectivity index (χ3n) is 7.61. The minimum atomic E-state index is -1.50. The summed E-state index contributed by atoms with van der Waals surface area (Å²) < 4.78 is 42.7. The molecule has 0 spiro atoms. The molecule has 2 saturated heterocycles. The predicted molar refractivity (Wildman–Crippen MR) is 151 cm³/mol. The number of amides is 1. The van der Waals surface area contributed by atoms with Gasteiger partial charge in [0, 0.05) is 12.0 Å². The molecule has 0 bridgehead atoms. The number of ether oxygens (including phenoxy) is 5. The summed E-state index contributed by atoms with van der Waals surface area (Å²) in [7, 11) is 1.36. The largest absolute Gasteiger partial charge is 0.487 e. The zero-order valence-corrected chi connectivity index (χ0v) is 24.0. The summed E-state index contributed by atoms with van der Waals surface area (Å²) in [6.45, 7) is 1.31. The minimum Gasteiger partial charge on any atom is -0.487 e. The molecule has 13 nitrogen and oxygen atoms in total. The van der Waals surface area contributed by atoms with Crippen molar-refractivity contribution in [3.8, 4) is 11.5 Å². The maximum absolute atomic E-state index is 15.0. The Morgan fingerprint density at radius 3 is 2.50 bits per heavy atom. The molecule has 1 amide bonds. The van der Waals surface area contributed by atoms with Crippen molar-refractivity contribution >= 4 is 17.7 Å². The molecular formula is C30H35FN2O11. The number of carbonyl (C=O) groups is 1. The van der Waals surface area contributed by atoms with Crippen LogP contribution >= 0.6 is 0 Å². The summed E-state index contributed by atoms with van der Waals surface area (Å²) in [5.41, 5.74) is 0.763. The highest BCUT2D eigenvalue weighted by molar-refractivity contribution is 5.97. The number of benzene rings is 2. The van der Waals surface area contributed by atoms with Crippen molar-refractivity contribution in [1.82, 2.24) is 5.32 Å². The van der Waals surface area contributed by atoms with Crippen LogP contribution in [0.2, 0.25) is 0 Å². The lowest BCUT2D eigenvalue weighted by atomic mass is 9.83. The molecule has 2 aromatic rings. The summed E-state index contributed by atoms with van der Waals surface area (Å²) >= 11 is 0. The molecular weight excluding hydrogens is 583 g/mol. The first kappa shape index (κ1) is 31.8. The van der Waals surface area contributed by atoms with Crippen LogP contribution in [0.1, 0.15) is 18.9 Å². The van der Waals surface area contributed by atoms with Crippen molar-refractivity contribution in [2.24, 2.45) is 5.16 Å². The van der Waals surface area contributed by atoms with Gasteiger partial charge in [-0.2, -0.15) is 0 Å². The molecule has 0 radical (unpaired) electrons. The van der Waals surface area contributed by atoms with E-state index in [9.17, 15) is 25.2 Å². The summed E-state index contributed by atoms with van der Waals surface area (Å²) in [5, 5.41) is 48.4. The summed E-state index contributed by atoms with van der Waals surface area (Å²) in [5.74, 6) is -0.932. The van der Waals surface area contributed by atoms with Crippen molar-refractivity contribution in [2.75, 3.05) is 20.5 Å². The monoisotopic (exact) mass is 618 g/mol. The first-order chi connectivity index (χ1) is 21.2.